The second-order valence-electron chi connectivity index (χ2n) is 7.58. The molecule has 1 fully saturated rings. The second-order valence-corrected chi connectivity index (χ2v) is 7.58. The van der Waals surface area contributed by atoms with E-state index in [-0.39, 0.29) is 0 Å². The van der Waals surface area contributed by atoms with E-state index in [1.807, 2.05) is 6.20 Å². The zero-order valence-corrected chi connectivity index (χ0v) is 16.3. The lowest BCUT2D eigenvalue weighted by Crippen LogP contribution is -2.21. The number of likely N-dealkylation sites (tertiary alicyclic amines) is 1. The Morgan fingerprint density at radius 3 is 2.52 bits per heavy atom. The van der Waals surface area contributed by atoms with E-state index >= 15 is 0 Å². The van der Waals surface area contributed by atoms with Gasteiger partial charge in [-0.05, 0) is 48.2 Å². The number of methoxy groups -OCH3 is 1. The first kappa shape index (κ1) is 17.8. The van der Waals surface area contributed by atoms with Crippen molar-refractivity contribution >= 4 is 0 Å². The standard InChI is InChI=1S/C23H27N3O/c1-16-12-23(27-3)17(2)11-19(16)13-26-14-20(18-7-5-4-6-8-18)21(15-26)22-9-10-24-25-22/h4-12,20-21H,13-15H2,1-3H3,(H,24,25)/t20-,21+/m0/s1. The fourth-order valence-corrected chi connectivity index (χ4v) is 4.32. The molecule has 4 nitrogen and oxygen atoms in total. The number of nitrogens with zero attached hydrogens (tertiary/aromatic N) is 2. The van der Waals surface area contributed by atoms with Crippen molar-refractivity contribution in [2.75, 3.05) is 20.2 Å². The topological polar surface area (TPSA) is 41.1 Å². The van der Waals surface area contributed by atoms with Gasteiger partial charge in [0.15, 0.2) is 0 Å². The number of hydrogen-bond donors (Lipinski definition) is 1. The lowest BCUT2D eigenvalue weighted by molar-refractivity contribution is 0.322. The molecule has 140 valence electrons. The van der Waals surface area contributed by atoms with Gasteiger partial charge >= 0.3 is 0 Å². The van der Waals surface area contributed by atoms with Crippen LogP contribution in [-0.4, -0.2) is 35.3 Å². The molecule has 27 heavy (non-hydrogen) atoms. The highest BCUT2D eigenvalue weighted by molar-refractivity contribution is 5.41. The number of hydrogen-bond acceptors (Lipinski definition) is 3. The molecule has 0 radical (unpaired) electrons. The molecule has 1 aromatic heterocycles. The van der Waals surface area contributed by atoms with Crippen molar-refractivity contribution in [3.05, 3.63) is 82.7 Å². The number of benzene rings is 2. The van der Waals surface area contributed by atoms with Crippen LogP contribution in [0, 0.1) is 13.8 Å². The van der Waals surface area contributed by atoms with E-state index in [1.165, 1.54) is 27.9 Å². The minimum absolute atomic E-state index is 0.439. The summed E-state index contributed by atoms with van der Waals surface area (Å²) < 4.78 is 5.47. The van der Waals surface area contributed by atoms with Gasteiger partial charge in [0.05, 0.1) is 7.11 Å². The minimum Gasteiger partial charge on any atom is -0.496 e. The van der Waals surface area contributed by atoms with Gasteiger partial charge in [0.25, 0.3) is 0 Å². The fourth-order valence-electron chi connectivity index (χ4n) is 4.32. The molecule has 1 N–H and O–H groups in total. The molecule has 1 aliphatic heterocycles. The van der Waals surface area contributed by atoms with E-state index in [0.717, 1.165) is 25.4 Å². The highest BCUT2D eigenvalue weighted by atomic mass is 16.5. The van der Waals surface area contributed by atoms with E-state index < -0.39 is 0 Å². The van der Waals surface area contributed by atoms with Crippen LogP contribution in [0.4, 0.5) is 0 Å². The first-order valence-corrected chi connectivity index (χ1v) is 9.56. The van der Waals surface area contributed by atoms with Crippen molar-refractivity contribution < 1.29 is 4.74 Å². The fraction of sp³-hybridized carbons (Fsp3) is 0.348. The zero-order valence-electron chi connectivity index (χ0n) is 16.3. The van der Waals surface area contributed by atoms with E-state index in [0.29, 0.717) is 11.8 Å². The Morgan fingerprint density at radius 2 is 1.81 bits per heavy atom. The molecule has 2 aromatic carbocycles. The summed E-state index contributed by atoms with van der Waals surface area (Å²) in [6.07, 6.45) is 1.86. The number of nitrogens with one attached hydrogen (secondary N) is 1. The van der Waals surface area contributed by atoms with Gasteiger partial charge in [-0.1, -0.05) is 36.4 Å². The molecule has 0 amide bonds. The van der Waals surface area contributed by atoms with Crippen LogP contribution in [0.15, 0.2) is 54.7 Å². The summed E-state index contributed by atoms with van der Waals surface area (Å²) in [6, 6.07) is 17.4. The number of aryl methyl sites for hydroxylation is 2. The Bertz CT molecular complexity index is 889. The summed E-state index contributed by atoms with van der Waals surface area (Å²) in [4.78, 5) is 2.57. The van der Waals surface area contributed by atoms with Crippen LogP contribution in [0.5, 0.6) is 5.75 Å². The average molecular weight is 361 g/mol. The Balaban J connectivity index is 1.59. The van der Waals surface area contributed by atoms with Gasteiger partial charge in [0.2, 0.25) is 0 Å². The van der Waals surface area contributed by atoms with Crippen LogP contribution in [-0.2, 0) is 6.54 Å². The third-order valence-corrected chi connectivity index (χ3v) is 5.79. The monoisotopic (exact) mass is 361 g/mol. The molecule has 0 saturated carbocycles. The summed E-state index contributed by atoms with van der Waals surface area (Å²) in [5, 5.41) is 7.40. The van der Waals surface area contributed by atoms with Gasteiger partial charge in [-0.25, -0.2) is 0 Å². The SMILES string of the molecule is COc1cc(C)c(CN2C[C@@H](c3ccccc3)[C@H](c3ccn[nH]3)C2)cc1C. The molecule has 0 unspecified atom stereocenters. The minimum atomic E-state index is 0.439. The van der Waals surface area contributed by atoms with Crippen LogP contribution in [0.25, 0.3) is 0 Å². The lowest BCUT2D eigenvalue weighted by atomic mass is 9.87. The largest absolute Gasteiger partial charge is 0.496 e. The number of H-pyrrole nitrogens is 1. The maximum absolute atomic E-state index is 5.47. The van der Waals surface area contributed by atoms with Gasteiger partial charge in [0, 0.05) is 43.4 Å². The molecule has 0 spiro atoms. The smallest absolute Gasteiger partial charge is 0.122 e. The Morgan fingerprint density at radius 1 is 1.04 bits per heavy atom. The first-order chi connectivity index (χ1) is 13.2. The van der Waals surface area contributed by atoms with E-state index in [4.69, 9.17) is 4.74 Å². The van der Waals surface area contributed by atoms with E-state index in [1.54, 1.807) is 7.11 Å². The van der Waals surface area contributed by atoms with Gasteiger partial charge in [-0.2, -0.15) is 5.10 Å². The van der Waals surface area contributed by atoms with E-state index in [2.05, 4.69) is 77.5 Å². The Labute approximate surface area is 161 Å². The van der Waals surface area contributed by atoms with Crippen LogP contribution in [0.3, 0.4) is 0 Å². The van der Waals surface area contributed by atoms with Gasteiger partial charge in [-0.3, -0.25) is 10.00 Å². The number of rotatable bonds is 5. The normalized spacial score (nSPS) is 20.1. The number of ether oxygens (including phenoxy) is 1. The maximum atomic E-state index is 5.47. The second kappa shape index (κ2) is 7.57. The predicted molar refractivity (Wildman–Crippen MR) is 108 cm³/mol. The molecule has 4 rings (SSSR count). The Hall–Kier alpha value is -2.59. The van der Waals surface area contributed by atoms with Crippen LogP contribution < -0.4 is 4.74 Å². The van der Waals surface area contributed by atoms with Crippen LogP contribution >= 0.6 is 0 Å². The van der Waals surface area contributed by atoms with Crippen LogP contribution in [0.1, 0.15) is 39.8 Å². The van der Waals surface area contributed by atoms with Gasteiger partial charge < -0.3 is 4.74 Å². The van der Waals surface area contributed by atoms with Crippen molar-refractivity contribution in [1.29, 1.82) is 0 Å². The van der Waals surface area contributed by atoms with Crippen molar-refractivity contribution in [3.63, 3.8) is 0 Å². The third-order valence-electron chi connectivity index (χ3n) is 5.79. The Kier molecular flexibility index (Phi) is 4.99. The molecule has 1 aliphatic rings. The molecular formula is C23H27N3O. The van der Waals surface area contributed by atoms with Crippen molar-refractivity contribution in [3.8, 4) is 5.75 Å². The lowest BCUT2D eigenvalue weighted by Gasteiger charge is -2.19. The summed E-state index contributed by atoms with van der Waals surface area (Å²) in [5.74, 6) is 1.89. The maximum Gasteiger partial charge on any atom is 0.122 e. The first-order valence-electron chi connectivity index (χ1n) is 9.56. The summed E-state index contributed by atoms with van der Waals surface area (Å²) in [6.45, 7) is 7.34. The van der Waals surface area contributed by atoms with Gasteiger partial charge in [0.1, 0.15) is 5.75 Å². The summed E-state index contributed by atoms with van der Waals surface area (Å²) >= 11 is 0. The molecule has 2 heterocycles. The molecule has 0 bridgehead atoms. The van der Waals surface area contributed by atoms with Crippen molar-refractivity contribution in [2.24, 2.45) is 0 Å². The van der Waals surface area contributed by atoms with Crippen LogP contribution in [0.2, 0.25) is 0 Å². The third kappa shape index (κ3) is 3.62. The van der Waals surface area contributed by atoms with E-state index in [9.17, 15) is 0 Å². The number of aromatic nitrogens is 2. The molecule has 2 atom stereocenters. The molecule has 4 heteroatoms. The van der Waals surface area contributed by atoms with Crippen molar-refractivity contribution in [1.82, 2.24) is 15.1 Å². The summed E-state index contributed by atoms with van der Waals surface area (Å²) in [7, 11) is 1.74. The number of aromatic amines is 1. The quantitative estimate of drug-likeness (QED) is 0.731. The molecule has 3 aromatic rings. The zero-order chi connectivity index (χ0) is 18.8. The van der Waals surface area contributed by atoms with Gasteiger partial charge in [-0.15, -0.1) is 0 Å². The summed E-state index contributed by atoms with van der Waals surface area (Å²) in [5.41, 5.74) is 6.50. The highest BCUT2D eigenvalue weighted by Gasteiger charge is 2.35. The molecular weight excluding hydrogens is 334 g/mol. The molecule has 1 saturated heterocycles. The highest BCUT2D eigenvalue weighted by Crippen LogP contribution is 2.39. The molecule has 0 aliphatic carbocycles. The van der Waals surface area contributed by atoms with Crippen molar-refractivity contribution in [2.45, 2.75) is 32.2 Å². The average Bonchev–Trinajstić information content (AvgIpc) is 3.35. The predicted octanol–water partition coefficient (Wildman–Crippen LogP) is 4.42.